The first-order valence-electron chi connectivity index (χ1n) is 4.79. The summed E-state index contributed by atoms with van der Waals surface area (Å²) in [6.07, 6.45) is 1.43. The van der Waals surface area contributed by atoms with Crippen molar-refractivity contribution in [2.45, 2.75) is 19.3 Å². The average Bonchev–Trinajstić information content (AvgIpc) is 3.05. The first-order chi connectivity index (χ1) is 7.05. The van der Waals surface area contributed by atoms with Gasteiger partial charge >= 0.3 is 5.97 Å². The predicted octanol–water partition coefficient (Wildman–Crippen LogP) is 0.312. The van der Waals surface area contributed by atoms with Crippen molar-refractivity contribution < 1.29 is 14.3 Å². The maximum atomic E-state index is 11.7. The Balaban J connectivity index is 2.41. The van der Waals surface area contributed by atoms with Gasteiger partial charge in [0.25, 0.3) is 0 Å². The third kappa shape index (κ3) is 2.46. The highest BCUT2D eigenvalue weighted by molar-refractivity contribution is 5.88. The van der Waals surface area contributed by atoms with E-state index in [1.165, 1.54) is 12.0 Å². The van der Waals surface area contributed by atoms with E-state index in [-0.39, 0.29) is 18.3 Å². The highest BCUT2D eigenvalue weighted by Gasteiger charge is 2.51. The van der Waals surface area contributed by atoms with Gasteiger partial charge in [0, 0.05) is 13.6 Å². The molecule has 0 aromatic rings. The maximum Gasteiger partial charge on any atom is 0.307 e. The molecule has 0 bridgehead atoms. The Hall–Kier alpha value is -1.57. The van der Waals surface area contributed by atoms with Gasteiger partial charge in [-0.25, -0.2) is 0 Å². The number of nitrogens with zero attached hydrogens (tertiary/aromatic N) is 2. The van der Waals surface area contributed by atoms with Crippen molar-refractivity contribution in [3.8, 4) is 6.07 Å². The molecule has 82 valence electrons. The third-order valence-corrected chi connectivity index (χ3v) is 2.60. The van der Waals surface area contributed by atoms with E-state index >= 15 is 0 Å². The van der Waals surface area contributed by atoms with Crippen LogP contribution in [0, 0.1) is 16.7 Å². The summed E-state index contributed by atoms with van der Waals surface area (Å²) in [6, 6.07) is 2.03. The smallest absolute Gasteiger partial charge is 0.307 e. The number of rotatable bonds is 4. The Bertz CT molecular complexity index is 315. The molecule has 0 radical (unpaired) electrons. The molecule has 0 unspecified atom stereocenters. The first-order valence-corrected chi connectivity index (χ1v) is 4.79. The molecule has 0 aromatic carbocycles. The molecular formula is C10H14N2O3. The van der Waals surface area contributed by atoms with Gasteiger partial charge in [0.1, 0.15) is 5.41 Å². The van der Waals surface area contributed by atoms with Crippen LogP contribution in [0.25, 0.3) is 0 Å². The zero-order valence-electron chi connectivity index (χ0n) is 8.95. The summed E-state index contributed by atoms with van der Waals surface area (Å²) in [5.41, 5.74) is -0.801. The van der Waals surface area contributed by atoms with E-state index in [1.807, 2.05) is 6.07 Å². The molecule has 15 heavy (non-hydrogen) atoms. The van der Waals surface area contributed by atoms with Gasteiger partial charge in [0.2, 0.25) is 5.91 Å². The van der Waals surface area contributed by atoms with Crippen LogP contribution >= 0.6 is 0 Å². The van der Waals surface area contributed by atoms with E-state index in [4.69, 9.17) is 5.26 Å². The minimum absolute atomic E-state index is 0.167. The van der Waals surface area contributed by atoms with Gasteiger partial charge in [-0.15, -0.1) is 0 Å². The molecule has 0 spiro atoms. The number of hydrogen-bond acceptors (Lipinski definition) is 4. The van der Waals surface area contributed by atoms with E-state index in [0.29, 0.717) is 19.4 Å². The van der Waals surface area contributed by atoms with Gasteiger partial charge in [-0.2, -0.15) is 5.26 Å². The number of carbonyl (C=O) groups excluding carboxylic acids is 2. The predicted molar refractivity (Wildman–Crippen MR) is 51.6 cm³/mol. The van der Waals surface area contributed by atoms with E-state index in [2.05, 4.69) is 4.74 Å². The lowest BCUT2D eigenvalue weighted by Crippen LogP contribution is -2.35. The lowest BCUT2D eigenvalue weighted by molar-refractivity contribution is -0.142. The second kappa shape index (κ2) is 4.30. The van der Waals surface area contributed by atoms with Crippen LogP contribution in [-0.4, -0.2) is 37.5 Å². The van der Waals surface area contributed by atoms with Crippen molar-refractivity contribution in [3.63, 3.8) is 0 Å². The fourth-order valence-corrected chi connectivity index (χ4v) is 1.33. The molecule has 1 rings (SSSR count). The molecule has 1 aliphatic carbocycles. The highest BCUT2D eigenvalue weighted by atomic mass is 16.5. The van der Waals surface area contributed by atoms with Crippen molar-refractivity contribution in [1.29, 1.82) is 5.26 Å². The molecule has 0 atom stereocenters. The van der Waals surface area contributed by atoms with Crippen LogP contribution in [0.1, 0.15) is 19.3 Å². The van der Waals surface area contributed by atoms with Gasteiger partial charge in [-0.1, -0.05) is 0 Å². The SMILES string of the molecule is COC(=O)CCN(C)C(=O)C1(C#N)CC1. The number of esters is 1. The summed E-state index contributed by atoms with van der Waals surface area (Å²) in [4.78, 5) is 24.0. The van der Waals surface area contributed by atoms with Gasteiger partial charge in [-0.3, -0.25) is 9.59 Å². The van der Waals surface area contributed by atoms with Crippen molar-refractivity contribution in [2.75, 3.05) is 20.7 Å². The molecule has 5 heteroatoms. The van der Waals surface area contributed by atoms with Gasteiger partial charge in [-0.05, 0) is 12.8 Å². The molecule has 1 amide bonds. The van der Waals surface area contributed by atoms with E-state index < -0.39 is 5.41 Å². The van der Waals surface area contributed by atoms with E-state index in [0.717, 1.165) is 0 Å². The third-order valence-electron chi connectivity index (χ3n) is 2.60. The first kappa shape index (κ1) is 11.5. The van der Waals surface area contributed by atoms with Crippen molar-refractivity contribution in [2.24, 2.45) is 5.41 Å². The van der Waals surface area contributed by atoms with Crippen LogP contribution in [0.4, 0.5) is 0 Å². The molecule has 1 saturated carbocycles. The zero-order valence-corrected chi connectivity index (χ0v) is 8.95. The number of nitriles is 1. The van der Waals surface area contributed by atoms with Crippen LogP contribution in [0.3, 0.4) is 0 Å². The van der Waals surface area contributed by atoms with Crippen molar-refractivity contribution in [3.05, 3.63) is 0 Å². The minimum Gasteiger partial charge on any atom is -0.469 e. The summed E-state index contributed by atoms with van der Waals surface area (Å²) in [6.45, 7) is 0.301. The Morgan fingerprint density at radius 3 is 2.53 bits per heavy atom. The van der Waals surface area contributed by atoms with Crippen molar-refractivity contribution >= 4 is 11.9 Å². The standard InChI is InChI=1S/C10H14N2O3/c1-12(6-3-8(13)15-2)9(14)10(7-11)4-5-10/h3-6H2,1-2H3. The Morgan fingerprint density at radius 2 is 2.13 bits per heavy atom. The Morgan fingerprint density at radius 1 is 1.53 bits per heavy atom. The molecule has 0 aliphatic heterocycles. The lowest BCUT2D eigenvalue weighted by atomic mass is 10.1. The number of hydrogen-bond donors (Lipinski definition) is 0. The number of methoxy groups -OCH3 is 1. The molecule has 1 aliphatic rings. The van der Waals surface area contributed by atoms with Gasteiger partial charge in [0.15, 0.2) is 0 Å². The quantitative estimate of drug-likeness (QED) is 0.626. The zero-order chi connectivity index (χ0) is 11.5. The summed E-state index contributed by atoms with van der Waals surface area (Å²) in [5.74, 6) is -0.537. The van der Waals surface area contributed by atoms with E-state index in [9.17, 15) is 9.59 Å². The van der Waals surface area contributed by atoms with Crippen LogP contribution in [0.2, 0.25) is 0 Å². The number of ether oxygens (including phenoxy) is 1. The molecule has 5 nitrogen and oxygen atoms in total. The van der Waals surface area contributed by atoms with E-state index in [1.54, 1.807) is 7.05 Å². The minimum atomic E-state index is -0.801. The topological polar surface area (TPSA) is 70.4 Å². The van der Waals surface area contributed by atoms with Crippen LogP contribution < -0.4 is 0 Å². The molecule has 0 aromatic heterocycles. The molecule has 0 saturated heterocycles. The normalized spacial score (nSPS) is 16.3. The summed E-state index contributed by atoms with van der Waals surface area (Å²) in [7, 11) is 2.91. The van der Waals surface area contributed by atoms with Gasteiger partial charge < -0.3 is 9.64 Å². The van der Waals surface area contributed by atoms with Crippen LogP contribution in [-0.2, 0) is 14.3 Å². The summed E-state index contributed by atoms with van der Waals surface area (Å²) in [5, 5.41) is 8.81. The molecular weight excluding hydrogens is 196 g/mol. The maximum absolute atomic E-state index is 11.7. The average molecular weight is 210 g/mol. The molecule has 0 heterocycles. The van der Waals surface area contributed by atoms with Crippen LogP contribution in [0.5, 0.6) is 0 Å². The van der Waals surface area contributed by atoms with Gasteiger partial charge in [0.05, 0.1) is 19.6 Å². The summed E-state index contributed by atoms with van der Waals surface area (Å²) >= 11 is 0. The monoisotopic (exact) mass is 210 g/mol. The second-order valence-corrected chi connectivity index (χ2v) is 3.75. The van der Waals surface area contributed by atoms with Crippen LogP contribution in [0.15, 0.2) is 0 Å². The molecule has 0 N–H and O–H groups in total. The lowest BCUT2D eigenvalue weighted by Gasteiger charge is -2.18. The fourth-order valence-electron chi connectivity index (χ4n) is 1.33. The summed E-state index contributed by atoms with van der Waals surface area (Å²) < 4.78 is 4.47. The second-order valence-electron chi connectivity index (χ2n) is 3.75. The Labute approximate surface area is 88.6 Å². The highest BCUT2D eigenvalue weighted by Crippen LogP contribution is 2.46. The Kier molecular flexibility index (Phi) is 3.30. The molecule has 1 fully saturated rings. The number of amides is 1. The number of carbonyl (C=O) groups is 2. The largest absolute Gasteiger partial charge is 0.469 e. The van der Waals surface area contributed by atoms with Crippen molar-refractivity contribution in [1.82, 2.24) is 4.90 Å². The fraction of sp³-hybridized carbons (Fsp3) is 0.700.